The van der Waals surface area contributed by atoms with Gasteiger partial charge in [-0.25, -0.2) is 4.79 Å². The van der Waals surface area contributed by atoms with Crippen LogP contribution in [0.3, 0.4) is 0 Å². The predicted octanol–water partition coefficient (Wildman–Crippen LogP) is 3.15. The third kappa shape index (κ3) is 3.82. The van der Waals surface area contributed by atoms with E-state index in [1.165, 1.54) is 10.4 Å². The largest absolute Gasteiger partial charge is 0.461 e. The van der Waals surface area contributed by atoms with Gasteiger partial charge in [0.25, 0.3) is 5.91 Å². The topological polar surface area (TPSA) is 71.2 Å². The number of H-pyrrole nitrogens is 1. The van der Waals surface area contributed by atoms with Crippen molar-refractivity contribution in [2.75, 3.05) is 13.2 Å². The summed E-state index contributed by atoms with van der Waals surface area (Å²) in [6.45, 7) is 8.24. The van der Waals surface area contributed by atoms with Gasteiger partial charge in [0.2, 0.25) is 0 Å². The SMILES string of the molecule is CCOC(=O)c1[nH]c(C)c(C(=O)NCCc2sccc2C)c1C. The highest BCUT2D eigenvalue weighted by Gasteiger charge is 2.22. The van der Waals surface area contributed by atoms with Crippen LogP contribution in [0.15, 0.2) is 11.4 Å². The van der Waals surface area contributed by atoms with Crippen molar-refractivity contribution in [1.82, 2.24) is 10.3 Å². The maximum atomic E-state index is 12.4. The van der Waals surface area contributed by atoms with E-state index in [4.69, 9.17) is 4.74 Å². The second-order valence-electron chi connectivity index (χ2n) is 5.38. The molecule has 0 fully saturated rings. The van der Waals surface area contributed by atoms with Gasteiger partial charge in [0.05, 0.1) is 12.2 Å². The zero-order valence-electron chi connectivity index (χ0n) is 13.9. The van der Waals surface area contributed by atoms with Crippen LogP contribution in [0.2, 0.25) is 0 Å². The number of ether oxygens (including phenoxy) is 1. The highest BCUT2D eigenvalue weighted by atomic mass is 32.1. The first-order valence-electron chi connectivity index (χ1n) is 7.63. The number of hydrogen-bond donors (Lipinski definition) is 2. The van der Waals surface area contributed by atoms with Gasteiger partial charge < -0.3 is 15.0 Å². The number of carbonyl (C=O) groups excluding carboxylic acids is 2. The summed E-state index contributed by atoms with van der Waals surface area (Å²) in [6, 6.07) is 2.08. The Balaban J connectivity index is 2.04. The van der Waals surface area contributed by atoms with Crippen molar-refractivity contribution in [2.45, 2.75) is 34.1 Å². The third-order valence-corrected chi connectivity index (χ3v) is 4.83. The lowest BCUT2D eigenvalue weighted by atomic mass is 10.1. The number of thiophene rings is 1. The average Bonchev–Trinajstić information content (AvgIpc) is 3.03. The summed E-state index contributed by atoms with van der Waals surface area (Å²) in [7, 11) is 0. The monoisotopic (exact) mass is 334 g/mol. The Kier molecular flexibility index (Phi) is 5.60. The number of aromatic amines is 1. The summed E-state index contributed by atoms with van der Waals surface area (Å²) in [5.74, 6) is -0.595. The van der Waals surface area contributed by atoms with Crippen LogP contribution in [0.1, 0.15) is 49.5 Å². The van der Waals surface area contributed by atoms with Crippen molar-refractivity contribution in [3.05, 3.63) is 44.4 Å². The number of esters is 1. The fourth-order valence-corrected chi connectivity index (χ4v) is 3.45. The Bertz CT molecular complexity index is 715. The smallest absolute Gasteiger partial charge is 0.355 e. The predicted molar refractivity (Wildman–Crippen MR) is 91.3 cm³/mol. The molecule has 2 N–H and O–H groups in total. The van der Waals surface area contributed by atoms with E-state index < -0.39 is 5.97 Å². The van der Waals surface area contributed by atoms with Crippen LogP contribution in [0, 0.1) is 20.8 Å². The van der Waals surface area contributed by atoms with E-state index in [9.17, 15) is 9.59 Å². The van der Waals surface area contributed by atoms with Crippen molar-refractivity contribution in [2.24, 2.45) is 0 Å². The van der Waals surface area contributed by atoms with Gasteiger partial charge in [-0.15, -0.1) is 11.3 Å². The van der Waals surface area contributed by atoms with Crippen LogP contribution < -0.4 is 5.32 Å². The summed E-state index contributed by atoms with van der Waals surface area (Å²) < 4.78 is 5.00. The standard InChI is InChI=1S/C17H22N2O3S/c1-5-22-17(21)15-11(3)14(12(4)19-15)16(20)18-8-6-13-10(2)7-9-23-13/h7,9,19H,5-6,8H2,1-4H3,(H,18,20). The van der Waals surface area contributed by atoms with Gasteiger partial charge in [-0.1, -0.05) is 0 Å². The lowest BCUT2D eigenvalue weighted by Crippen LogP contribution is -2.26. The number of amides is 1. The first kappa shape index (κ1) is 17.3. The lowest BCUT2D eigenvalue weighted by Gasteiger charge is -2.06. The van der Waals surface area contributed by atoms with Gasteiger partial charge in [-0.2, -0.15) is 0 Å². The van der Waals surface area contributed by atoms with Gasteiger partial charge >= 0.3 is 5.97 Å². The molecule has 0 aliphatic rings. The minimum Gasteiger partial charge on any atom is -0.461 e. The Morgan fingerprint density at radius 1 is 1.30 bits per heavy atom. The Labute approximate surface area is 140 Å². The summed E-state index contributed by atoms with van der Waals surface area (Å²) in [6.07, 6.45) is 0.808. The van der Waals surface area contributed by atoms with Crippen LogP contribution in [0.25, 0.3) is 0 Å². The summed E-state index contributed by atoms with van der Waals surface area (Å²) >= 11 is 1.70. The molecule has 6 heteroatoms. The molecule has 2 heterocycles. The fraction of sp³-hybridized carbons (Fsp3) is 0.412. The molecule has 0 atom stereocenters. The highest BCUT2D eigenvalue weighted by molar-refractivity contribution is 7.10. The van der Waals surface area contributed by atoms with E-state index in [-0.39, 0.29) is 5.91 Å². The van der Waals surface area contributed by atoms with E-state index in [1.54, 1.807) is 32.1 Å². The molecule has 0 radical (unpaired) electrons. The van der Waals surface area contributed by atoms with Crippen LogP contribution in [-0.2, 0) is 11.2 Å². The zero-order chi connectivity index (χ0) is 17.0. The van der Waals surface area contributed by atoms with Gasteiger partial charge in [-0.05, 0) is 56.7 Å². The molecule has 0 aliphatic heterocycles. The molecule has 124 valence electrons. The molecule has 2 rings (SSSR count). The summed E-state index contributed by atoms with van der Waals surface area (Å²) in [5.41, 5.74) is 3.43. The molecule has 0 aromatic carbocycles. The van der Waals surface area contributed by atoms with Crippen LogP contribution in [0.4, 0.5) is 0 Å². The normalized spacial score (nSPS) is 10.6. The molecular weight excluding hydrogens is 312 g/mol. The molecule has 0 unspecified atom stereocenters. The number of nitrogens with one attached hydrogen (secondary N) is 2. The molecule has 0 saturated heterocycles. The van der Waals surface area contributed by atoms with E-state index in [0.717, 1.165) is 6.42 Å². The molecule has 5 nitrogen and oxygen atoms in total. The quantitative estimate of drug-likeness (QED) is 0.797. The molecular formula is C17H22N2O3S. The number of rotatable bonds is 6. The van der Waals surface area contributed by atoms with E-state index in [2.05, 4.69) is 28.7 Å². The number of hydrogen-bond acceptors (Lipinski definition) is 4. The van der Waals surface area contributed by atoms with Crippen molar-refractivity contribution in [3.63, 3.8) is 0 Å². The second-order valence-corrected chi connectivity index (χ2v) is 6.38. The highest BCUT2D eigenvalue weighted by Crippen LogP contribution is 2.19. The Morgan fingerprint density at radius 2 is 2.04 bits per heavy atom. The lowest BCUT2D eigenvalue weighted by molar-refractivity contribution is 0.0519. The van der Waals surface area contributed by atoms with E-state index >= 15 is 0 Å². The first-order chi connectivity index (χ1) is 11.0. The average molecular weight is 334 g/mol. The van der Waals surface area contributed by atoms with Crippen LogP contribution >= 0.6 is 11.3 Å². The zero-order valence-corrected chi connectivity index (χ0v) is 14.7. The molecule has 23 heavy (non-hydrogen) atoms. The van der Waals surface area contributed by atoms with E-state index in [0.29, 0.717) is 35.7 Å². The minimum absolute atomic E-state index is 0.166. The molecule has 0 spiro atoms. The van der Waals surface area contributed by atoms with Crippen molar-refractivity contribution in [3.8, 4) is 0 Å². The molecule has 0 aliphatic carbocycles. The molecule has 1 amide bonds. The third-order valence-electron chi connectivity index (χ3n) is 3.75. The van der Waals surface area contributed by atoms with Gasteiger partial charge in [0, 0.05) is 17.1 Å². The van der Waals surface area contributed by atoms with Gasteiger partial charge in [0.15, 0.2) is 0 Å². The van der Waals surface area contributed by atoms with E-state index in [1.807, 2.05) is 0 Å². The first-order valence-corrected chi connectivity index (χ1v) is 8.51. The number of aromatic nitrogens is 1. The number of aryl methyl sites for hydroxylation is 2. The van der Waals surface area contributed by atoms with Crippen LogP contribution in [0.5, 0.6) is 0 Å². The fourth-order valence-electron chi connectivity index (χ4n) is 2.54. The summed E-state index contributed by atoms with van der Waals surface area (Å²) in [5, 5.41) is 4.98. The van der Waals surface area contributed by atoms with Crippen LogP contribution in [-0.4, -0.2) is 30.0 Å². The second kappa shape index (κ2) is 7.46. The van der Waals surface area contributed by atoms with Gasteiger partial charge in [0.1, 0.15) is 5.69 Å². The molecule has 2 aromatic rings. The van der Waals surface area contributed by atoms with Gasteiger partial charge in [-0.3, -0.25) is 4.79 Å². The molecule has 2 aromatic heterocycles. The maximum Gasteiger partial charge on any atom is 0.355 e. The van der Waals surface area contributed by atoms with Crippen molar-refractivity contribution in [1.29, 1.82) is 0 Å². The Morgan fingerprint density at radius 3 is 2.65 bits per heavy atom. The molecule has 0 saturated carbocycles. The van der Waals surface area contributed by atoms with Crippen molar-refractivity contribution >= 4 is 23.2 Å². The maximum absolute atomic E-state index is 12.4. The van der Waals surface area contributed by atoms with Crippen molar-refractivity contribution < 1.29 is 14.3 Å². The minimum atomic E-state index is -0.429. The Hall–Kier alpha value is -2.08. The number of carbonyl (C=O) groups is 2. The summed E-state index contributed by atoms with van der Waals surface area (Å²) in [4.78, 5) is 28.5. The molecule has 0 bridgehead atoms.